The number of hydrogen-bond donors (Lipinski definition) is 1. The maximum absolute atomic E-state index is 11.4. The van der Waals surface area contributed by atoms with Gasteiger partial charge >= 0.3 is 13.1 Å². The summed E-state index contributed by atoms with van der Waals surface area (Å²) < 4.78 is 12.1. The first-order chi connectivity index (χ1) is 10.2. The van der Waals surface area contributed by atoms with Crippen molar-refractivity contribution in [3.63, 3.8) is 0 Å². The van der Waals surface area contributed by atoms with E-state index < -0.39 is 24.3 Å². The van der Waals surface area contributed by atoms with E-state index in [-0.39, 0.29) is 5.56 Å². The maximum atomic E-state index is 11.4. The molecule has 0 radical (unpaired) electrons. The van der Waals surface area contributed by atoms with Gasteiger partial charge in [0.15, 0.2) is 0 Å². The second-order valence-electron chi connectivity index (χ2n) is 6.68. The topological polar surface area (TPSA) is 55.8 Å². The average molecular weight is 298 g/mol. The first kappa shape index (κ1) is 15.1. The smallest absolute Gasteiger partial charge is 0.478 e. The molecule has 0 bridgehead atoms. The van der Waals surface area contributed by atoms with Gasteiger partial charge in [-0.3, -0.25) is 0 Å². The fourth-order valence-corrected chi connectivity index (χ4v) is 2.60. The third-order valence-electron chi connectivity index (χ3n) is 4.66. The van der Waals surface area contributed by atoms with E-state index in [1.807, 2.05) is 52.0 Å². The molecule has 0 aromatic heterocycles. The van der Waals surface area contributed by atoms with Crippen molar-refractivity contribution >= 4 is 29.3 Å². The Labute approximate surface area is 130 Å². The van der Waals surface area contributed by atoms with Gasteiger partial charge in [-0.25, -0.2) is 4.79 Å². The van der Waals surface area contributed by atoms with Crippen molar-refractivity contribution in [3.05, 3.63) is 42.0 Å². The van der Waals surface area contributed by atoms with Crippen molar-refractivity contribution in [1.82, 2.24) is 0 Å². The molecule has 0 amide bonds. The minimum absolute atomic E-state index is 0.288. The molecule has 0 atom stereocenters. The summed E-state index contributed by atoms with van der Waals surface area (Å²) in [7, 11) is -0.490. The quantitative estimate of drug-likeness (QED) is 0.866. The number of carbonyl (C=O) groups is 1. The zero-order valence-corrected chi connectivity index (χ0v) is 13.2. The molecule has 4 nitrogen and oxygen atoms in total. The molecule has 1 fully saturated rings. The first-order valence-electron chi connectivity index (χ1n) is 7.33. The summed E-state index contributed by atoms with van der Waals surface area (Å²) in [6.45, 7) is 7.99. The number of carboxylic acid groups (broad SMARTS) is 1. The lowest BCUT2D eigenvalue weighted by Gasteiger charge is -2.32. The second-order valence-corrected chi connectivity index (χ2v) is 6.68. The van der Waals surface area contributed by atoms with Gasteiger partial charge in [0.1, 0.15) is 0 Å². The van der Waals surface area contributed by atoms with Gasteiger partial charge < -0.3 is 14.4 Å². The van der Waals surface area contributed by atoms with Gasteiger partial charge in [-0.2, -0.15) is 0 Å². The van der Waals surface area contributed by atoms with E-state index in [4.69, 9.17) is 9.31 Å². The zero-order chi connectivity index (χ0) is 16.1. The number of fused-ring (bicyclic) bond motifs is 1. The minimum Gasteiger partial charge on any atom is -0.478 e. The largest absolute Gasteiger partial charge is 0.494 e. The summed E-state index contributed by atoms with van der Waals surface area (Å²) in [5.41, 5.74) is 0.286. The van der Waals surface area contributed by atoms with Crippen LogP contribution in [0.25, 0.3) is 10.8 Å². The summed E-state index contributed by atoms with van der Waals surface area (Å²) in [4.78, 5) is 11.4. The molecule has 5 heteroatoms. The van der Waals surface area contributed by atoms with Gasteiger partial charge in [0.2, 0.25) is 0 Å². The highest BCUT2D eigenvalue weighted by atomic mass is 16.7. The van der Waals surface area contributed by atoms with Gasteiger partial charge in [-0.05, 0) is 50.0 Å². The summed E-state index contributed by atoms with van der Waals surface area (Å²) in [5, 5.41) is 10.9. The molecule has 22 heavy (non-hydrogen) atoms. The van der Waals surface area contributed by atoms with Crippen LogP contribution in [0.3, 0.4) is 0 Å². The third kappa shape index (κ3) is 2.30. The highest BCUT2D eigenvalue weighted by molar-refractivity contribution is 6.62. The van der Waals surface area contributed by atoms with Crippen molar-refractivity contribution in [3.8, 4) is 0 Å². The van der Waals surface area contributed by atoms with Crippen LogP contribution < -0.4 is 5.46 Å². The fourth-order valence-electron chi connectivity index (χ4n) is 2.60. The zero-order valence-electron chi connectivity index (χ0n) is 13.2. The van der Waals surface area contributed by atoms with E-state index in [1.165, 1.54) is 0 Å². The van der Waals surface area contributed by atoms with E-state index in [0.29, 0.717) is 5.39 Å². The number of hydrogen-bond acceptors (Lipinski definition) is 3. The number of benzene rings is 2. The Morgan fingerprint density at radius 2 is 1.68 bits per heavy atom. The highest BCUT2D eigenvalue weighted by Crippen LogP contribution is 2.36. The average Bonchev–Trinajstić information content (AvgIpc) is 2.66. The SMILES string of the molecule is CC1(C)OB(c2ccc3cccc(C(=O)O)c3c2)OC1(C)C. The lowest BCUT2D eigenvalue weighted by atomic mass is 9.78. The molecule has 1 aliphatic heterocycles. The van der Waals surface area contributed by atoms with Crippen molar-refractivity contribution in [2.24, 2.45) is 0 Å². The predicted octanol–water partition coefficient (Wildman–Crippen LogP) is 2.84. The second kappa shape index (κ2) is 4.83. The van der Waals surface area contributed by atoms with Crippen LogP contribution >= 0.6 is 0 Å². The van der Waals surface area contributed by atoms with Gasteiger partial charge in [-0.15, -0.1) is 0 Å². The van der Waals surface area contributed by atoms with Crippen LogP contribution in [0.15, 0.2) is 36.4 Å². The van der Waals surface area contributed by atoms with Gasteiger partial charge in [0.05, 0.1) is 16.8 Å². The molecule has 1 aliphatic rings. The highest BCUT2D eigenvalue weighted by Gasteiger charge is 2.51. The molecule has 2 aromatic carbocycles. The molecule has 3 rings (SSSR count). The van der Waals surface area contributed by atoms with Crippen LogP contribution in [0.2, 0.25) is 0 Å². The molecule has 0 saturated carbocycles. The molecular formula is C17H19BO4. The monoisotopic (exact) mass is 298 g/mol. The van der Waals surface area contributed by atoms with Crippen LogP contribution in [0.4, 0.5) is 0 Å². The standard InChI is InChI=1S/C17H19BO4/c1-16(2)17(3,4)22-18(21-16)12-9-8-11-6-5-7-13(15(19)20)14(11)10-12/h5-10H,1-4H3,(H,19,20). The van der Waals surface area contributed by atoms with Crippen LogP contribution in [0, 0.1) is 0 Å². The van der Waals surface area contributed by atoms with E-state index in [2.05, 4.69) is 0 Å². The normalized spacial score (nSPS) is 19.5. The maximum Gasteiger partial charge on any atom is 0.494 e. The van der Waals surface area contributed by atoms with Gasteiger partial charge in [0.25, 0.3) is 0 Å². The summed E-state index contributed by atoms with van der Waals surface area (Å²) in [6, 6.07) is 10.9. The molecule has 114 valence electrons. The van der Waals surface area contributed by atoms with E-state index in [0.717, 1.165) is 10.8 Å². The summed E-state index contributed by atoms with van der Waals surface area (Å²) in [6.07, 6.45) is 0. The molecule has 0 unspecified atom stereocenters. The molecule has 2 aromatic rings. The molecule has 1 saturated heterocycles. The first-order valence-corrected chi connectivity index (χ1v) is 7.33. The van der Waals surface area contributed by atoms with Crippen LogP contribution in [0.5, 0.6) is 0 Å². The van der Waals surface area contributed by atoms with Crippen molar-refractivity contribution < 1.29 is 19.2 Å². The molecular weight excluding hydrogens is 279 g/mol. The fraction of sp³-hybridized carbons (Fsp3) is 0.353. The minimum atomic E-state index is -0.934. The Morgan fingerprint density at radius 3 is 2.27 bits per heavy atom. The lowest BCUT2D eigenvalue weighted by Crippen LogP contribution is -2.41. The lowest BCUT2D eigenvalue weighted by molar-refractivity contribution is 0.00578. The van der Waals surface area contributed by atoms with Crippen molar-refractivity contribution in [2.45, 2.75) is 38.9 Å². The Morgan fingerprint density at radius 1 is 1.05 bits per heavy atom. The van der Waals surface area contributed by atoms with Crippen molar-refractivity contribution in [1.29, 1.82) is 0 Å². The molecule has 1 N–H and O–H groups in total. The van der Waals surface area contributed by atoms with Crippen LogP contribution in [0.1, 0.15) is 38.1 Å². The third-order valence-corrected chi connectivity index (χ3v) is 4.66. The van der Waals surface area contributed by atoms with Gasteiger partial charge in [-0.1, -0.05) is 30.3 Å². The van der Waals surface area contributed by atoms with E-state index in [9.17, 15) is 9.90 Å². The van der Waals surface area contributed by atoms with Crippen molar-refractivity contribution in [2.75, 3.05) is 0 Å². The van der Waals surface area contributed by atoms with E-state index in [1.54, 1.807) is 12.1 Å². The molecule has 0 spiro atoms. The molecule has 1 heterocycles. The Hall–Kier alpha value is -1.85. The van der Waals surface area contributed by atoms with E-state index >= 15 is 0 Å². The Balaban J connectivity index is 2.07. The van der Waals surface area contributed by atoms with Gasteiger partial charge in [0, 0.05) is 0 Å². The Bertz CT molecular complexity index is 735. The summed E-state index contributed by atoms with van der Waals surface area (Å²) >= 11 is 0. The molecule has 0 aliphatic carbocycles. The summed E-state index contributed by atoms with van der Waals surface area (Å²) in [5.74, 6) is -0.934. The number of rotatable bonds is 2. The number of aromatic carboxylic acids is 1. The van der Waals surface area contributed by atoms with Crippen LogP contribution in [-0.2, 0) is 9.31 Å². The van der Waals surface area contributed by atoms with Crippen LogP contribution in [-0.4, -0.2) is 29.4 Å². The predicted molar refractivity (Wildman–Crippen MR) is 86.6 cm³/mol. The Kier molecular flexibility index (Phi) is 3.31. The number of carboxylic acids is 1.